The zero-order valence-corrected chi connectivity index (χ0v) is 12.9. The maximum Gasteiger partial charge on any atom is 0.425 e. The van der Waals surface area contributed by atoms with E-state index >= 15 is 0 Å². The quantitative estimate of drug-likeness (QED) is 0.650. The SMILES string of the molecule is CC(Oc1ncc(-c2cn3c(C(F)F)nnc3cn2)cc1F)C(F)(F)F. The molecule has 138 valence electrons. The largest absolute Gasteiger partial charge is 0.463 e. The molecule has 0 radical (unpaired) electrons. The number of aromatic nitrogens is 5. The number of pyridine rings is 1. The van der Waals surface area contributed by atoms with Crippen molar-refractivity contribution < 1.29 is 31.1 Å². The minimum absolute atomic E-state index is 0.0426. The van der Waals surface area contributed by atoms with Crippen LogP contribution in [0.1, 0.15) is 19.2 Å². The van der Waals surface area contributed by atoms with Gasteiger partial charge in [-0.25, -0.2) is 18.2 Å². The van der Waals surface area contributed by atoms with E-state index < -0.39 is 36.2 Å². The number of halogens is 6. The van der Waals surface area contributed by atoms with E-state index in [1.54, 1.807) is 0 Å². The Kier molecular flexibility index (Phi) is 4.42. The molecule has 0 aliphatic carbocycles. The average Bonchev–Trinajstić information content (AvgIpc) is 2.99. The Morgan fingerprint density at radius 2 is 1.85 bits per heavy atom. The molecule has 3 aromatic heterocycles. The van der Waals surface area contributed by atoms with Gasteiger partial charge in [-0.1, -0.05) is 0 Å². The summed E-state index contributed by atoms with van der Waals surface area (Å²) >= 11 is 0. The van der Waals surface area contributed by atoms with Gasteiger partial charge in [0.15, 0.2) is 17.6 Å². The zero-order valence-electron chi connectivity index (χ0n) is 12.9. The summed E-state index contributed by atoms with van der Waals surface area (Å²) in [7, 11) is 0. The maximum absolute atomic E-state index is 14.0. The molecule has 0 N–H and O–H groups in total. The third-order valence-corrected chi connectivity index (χ3v) is 3.37. The normalized spacial score (nSPS) is 13.4. The summed E-state index contributed by atoms with van der Waals surface area (Å²) in [5, 5.41) is 6.84. The van der Waals surface area contributed by atoms with Crippen LogP contribution in [0.25, 0.3) is 16.9 Å². The van der Waals surface area contributed by atoms with Crippen molar-refractivity contribution in [3.05, 3.63) is 36.3 Å². The molecule has 12 heteroatoms. The molecular weight excluding hydrogens is 368 g/mol. The van der Waals surface area contributed by atoms with Gasteiger partial charge in [-0.15, -0.1) is 10.2 Å². The van der Waals surface area contributed by atoms with Crippen LogP contribution in [-0.4, -0.2) is 36.8 Å². The standard InChI is InChI=1S/C14H9F6N5O/c1-6(14(18,19)20)26-13-8(15)2-7(3-22-13)9-5-25-10(4-21-9)23-24-12(25)11(16)17/h2-6,11H,1H3. The molecule has 0 saturated heterocycles. The van der Waals surface area contributed by atoms with E-state index in [2.05, 4.69) is 24.9 Å². The van der Waals surface area contributed by atoms with Gasteiger partial charge in [0, 0.05) is 18.0 Å². The number of fused-ring (bicyclic) bond motifs is 1. The molecule has 1 unspecified atom stereocenters. The van der Waals surface area contributed by atoms with Crippen molar-refractivity contribution >= 4 is 5.65 Å². The number of alkyl halides is 5. The summed E-state index contributed by atoms with van der Waals surface area (Å²) in [6, 6.07) is 0.839. The van der Waals surface area contributed by atoms with Crippen LogP contribution in [0.4, 0.5) is 26.3 Å². The van der Waals surface area contributed by atoms with Crippen molar-refractivity contribution in [1.82, 2.24) is 24.6 Å². The second-order valence-corrected chi connectivity index (χ2v) is 5.17. The second kappa shape index (κ2) is 6.42. The van der Waals surface area contributed by atoms with E-state index in [1.807, 2.05) is 0 Å². The van der Waals surface area contributed by atoms with Crippen LogP contribution < -0.4 is 4.74 Å². The Bertz CT molecular complexity index is 941. The fourth-order valence-electron chi connectivity index (χ4n) is 2.00. The molecule has 3 aromatic rings. The Morgan fingerprint density at radius 1 is 1.12 bits per heavy atom. The molecule has 0 aromatic carbocycles. The first-order valence-electron chi connectivity index (χ1n) is 7.05. The monoisotopic (exact) mass is 377 g/mol. The van der Waals surface area contributed by atoms with Crippen molar-refractivity contribution in [3.8, 4) is 17.1 Å². The molecule has 0 fully saturated rings. The van der Waals surface area contributed by atoms with Crippen LogP contribution in [0.2, 0.25) is 0 Å². The maximum atomic E-state index is 14.0. The first-order valence-corrected chi connectivity index (χ1v) is 7.05. The molecule has 0 saturated carbocycles. The van der Waals surface area contributed by atoms with E-state index in [0.717, 1.165) is 29.1 Å². The van der Waals surface area contributed by atoms with Crippen molar-refractivity contribution in [2.75, 3.05) is 0 Å². The summed E-state index contributed by atoms with van der Waals surface area (Å²) < 4.78 is 82.6. The topological polar surface area (TPSA) is 65.2 Å². The summed E-state index contributed by atoms with van der Waals surface area (Å²) in [5.41, 5.74) is 0.141. The first kappa shape index (κ1) is 17.9. The highest BCUT2D eigenvalue weighted by Crippen LogP contribution is 2.27. The lowest BCUT2D eigenvalue weighted by atomic mass is 10.2. The van der Waals surface area contributed by atoms with Crippen molar-refractivity contribution in [3.63, 3.8) is 0 Å². The molecule has 26 heavy (non-hydrogen) atoms. The van der Waals surface area contributed by atoms with Crippen LogP contribution in [0, 0.1) is 5.82 Å². The molecule has 0 spiro atoms. The van der Waals surface area contributed by atoms with Gasteiger partial charge in [0.2, 0.25) is 5.82 Å². The van der Waals surface area contributed by atoms with E-state index in [4.69, 9.17) is 0 Å². The lowest BCUT2D eigenvalue weighted by Crippen LogP contribution is -2.31. The van der Waals surface area contributed by atoms with Gasteiger partial charge in [-0.05, 0) is 13.0 Å². The van der Waals surface area contributed by atoms with Crippen molar-refractivity contribution in [1.29, 1.82) is 0 Å². The summed E-state index contributed by atoms with van der Waals surface area (Å²) in [6.45, 7) is 0.711. The van der Waals surface area contributed by atoms with Crippen LogP contribution >= 0.6 is 0 Å². The lowest BCUT2D eigenvalue weighted by Gasteiger charge is -2.17. The molecule has 0 bridgehead atoms. The first-order chi connectivity index (χ1) is 12.2. The van der Waals surface area contributed by atoms with Gasteiger partial charge in [-0.2, -0.15) is 13.2 Å². The number of ether oxygens (including phenoxy) is 1. The van der Waals surface area contributed by atoms with Crippen molar-refractivity contribution in [2.24, 2.45) is 0 Å². The van der Waals surface area contributed by atoms with Gasteiger partial charge in [0.05, 0.1) is 11.9 Å². The predicted molar refractivity (Wildman–Crippen MR) is 75.1 cm³/mol. The van der Waals surface area contributed by atoms with Crippen LogP contribution in [0.15, 0.2) is 24.7 Å². The second-order valence-electron chi connectivity index (χ2n) is 5.17. The zero-order chi connectivity index (χ0) is 19.1. The minimum Gasteiger partial charge on any atom is -0.463 e. The van der Waals surface area contributed by atoms with Gasteiger partial charge in [0.1, 0.15) is 0 Å². The fourth-order valence-corrected chi connectivity index (χ4v) is 2.00. The molecular formula is C14H9F6N5O. The minimum atomic E-state index is -4.68. The van der Waals surface area contributed by atoms with Gasteiger partial charge in [0.25, 0.3) is 12.3 Å². The number of rotatable bonds is 4. The van der Waals surface area contributed by atoms with Crippen LogP contribution in [-0.2, 0) is 0 Å². The lowest BCUT2D eigenvalue weighted by molar-refractivity contribution is -0.190. The van der Waals surface area contributed by atoms with Gasteiger partial charge >= 0.3 is 6.18 Å². The Labute approximate surface area is 141 Å². The number of hydrogen-bond donors (Lipinski definition) is 0. The molecule has 0 aliphatic heterocycles. The highest BCUT2D eigenvalue weighted by atomic mass is 19.4. The Balaban J connectivity index is 1.94. The highest BCUT2D eigenvalue weighted by Gasteiger charge is 2.38. The summed E-state index contributed by atoms with van der Waals surface area (Å²) in [6.07, 6.45) is -6.53. The summed E-state index contributed by atoms with van der Waals surface area (Å²) in [5.74, 6) is -2.62. The Morgan fingerprint density at radius 3 is 2.46 bits per heavy atom. The summed E-state index contributed by atoms with van der Waals surface area (Å²) in [4.78, 5) is 7.43. The molecule has 1 atom stereocenters. The smallest absolute Gasteiger partial charge is 0.425 e. The van der Waals surface area contributed by atoms with Gasteiger partial charge < -0.3 is 4.74 Å². The molecule has 3 rings (SSSR count). The van der Waals surface area contributed by atoms with E-state index in [1.165, 1.54) is 0 Å². The van der Waals surface area contributed by atoms with Crippen LogP contribution in [0.5, 0.6) is 5.88 Å². The third-order valence-electron chi connectivity index (χ3n) is 3.37. The van der Waals surface area contributed by atoms with Crippen molar-refractivity contribution in [2.45, 2.75) is 25.6 Å². The predicted octanol–water partition coefficient (Wildman–Crippen LogP) is 3.59. The third kappa shape index (κ3) is 3.39. The fraction of sp³-hybridized carbons (Fsp3) is 0.286. The highest BCUT2D eigenvalue weighted by molar-refractivity contribution is 5.59. The van der Waals surface area contributed by atoms with Gasteiger partial charge in [-0.3, -0.25) is 9.38 Å². The van der Waals surface area contributed by atoms with E-state index in [9.17, 15) is 26.3 Å². The molecule has 3 heterocycles. The molecule has 6 nitrogen and oxygen atoms in total. The average molecular weight is 377 g/mol. The number of hydrogen-bond acceptors (Lipinski definition) is 5. The Hall–Kier alpha value is -2.92. The van der Waals surface area contributed by atoms with E-state index in [-0.39, 0.29) is 16.9 Å². The molecule has 0 aliphatic rings. The van der Waals surface area contributed by atoms with E-state index in [0.29, 0.717) is 6.92 Å². The molecule has 0 amide bonds. The van der Waals surface area contributed by atoms with Crippen LogP contribution in [0.3, 0.4) is 0 Å². The number of nitrogens with zero attached hydrogens (tertiary/aromatic N) is 5.